The standard InChI is InChI=1S/C21H25NO3/c23-15-4-3-14-8-19-11-20(17(14)7-15)9-16(24)5-6-21(20,25)18(19)22(12-19)10-13-1-2-13/h3-4,7,13,18,23,25H,1-2,5-6,8-12H2. The molecule has 1 heterocycles. The molecule has 4 atom stereocenters. The van der Waals surface area contributed by atoms with E-state index in [2.05, 4.69) is 4.90 Å². The lowest BCUT2D eigenvalue weighted by atomic mass is 9.58. The first kappa shape index (κ1) is 14.7. The molecule has 25 heavy (non-hydrogen) atoms. The van der Waals surface area contributed by atoms with Crippen LogP contribution in [0.5, 0.6) is 5.75 Å². The fourth-order valence-corrected chi connectivity index (χ4v) is 7.16. The molecule has 2 N–H and O–H groups in total. The monoisotopic (exact) mass is 339 g/mol. The molecule has 4 fully saturated rings. The van der Waals surface area contributed by atoms with Crippen molar-refractivity contribution in [3.63, 3.8) is 0 Å². The van der Waals surface area contributed by atoms with Gasteiger partial charge < -0.3 is 10.2 Å². The zero-order chi connectivity index (χ0) is 17.0. The van der Waals surface area contributed by atoms with Gasteiger partial charge >= 0.3 is 0 Å². The van der Waals surface area contributed by atoms with Crippen LogP contribution < -0.4 is 0 Å². The van der Waals surface area contributed by atoms with Crippen molar-refractivity contribution in [3.8, 4) is 5.75 Å². The van der Waals surface area contributed by atoms with Crippen molar-refractivity contribution in [2.45, 2.75) is 62.0 Å². The van der Waals surface area contributed by atoms with Gasteiger partial charge in [-0.15, -0.1) is 0 Å². The number of hydrogen-bond acceptors (Lipinski definition) is 4. The van der Waals surface area contributed by atoms with Crippen molar-refractivity contribution in [1.29, 1.82) is 0 Å². The Balaban J connectivity index is 1.53. The third-order valence-corrected chi connectivity index (χ3v) is 8.02. The second-order valence-corrected chi connectivity index (χ2v) is 9.55. The molecule has 0 radical (unpaired) electrons. The highest BCUT2D eigenvalue weighted by Gasteiger charge is 2.78. The molecule has 1 aromatic carbocycles. The number of carbonyl (C=O) groups is 1. The van der Waals surface area contributed by atoms with Crippen LogP contribution in [-0.4, -0.2) is 45.6 Å². The average Bonchev–Trinajstić information content (AvgIpc) is 3.33. The number of fused-ring (bicyclic) bond motifs is 2. The van der Waals surface area contributed by atoms with Crippen LogP contribution in [0.2, 0.25) is 0 Å². The molecule has 1 aromatic rings. The number of benzene rings is 1. The summed E-state index contributed by atoms with van der Waals surface area (Å²) in [5, 5.41) is 22.1. The molecular formula is C21H25NO3. The maximum Gasteiger partial charge on any atom is 0.134 e. The van der Waals surface area contributed by atoms with E-state index in [0.717, 1.165) is 37.4 Å². The van der Waals surface area contributed by atoms with E-state index >= 15 is 0 Å². The minimum Gasteiger partial charge on any atom is -0.508 e. The maximum atomic E-state index is 12.5. The molecule has 6 rings (SSSR count). The summed E-state index contributed by atoms with van der Waals surface area (Å²) in [6.07, 6.45) is 6.05. The number of phenols is 1. The summed E-state index contributed by atoms with van der Waals surface area (Å²) in [6, 6.07) is 5.81. The number of aromatic hydroxyl groups is 1. The molecule has 4 nitrogen and oxygen atoms in total. The second-order valence-electron chi connectivity index (χ2n) is 9.55. The summed E-state index contributed by atoms with van der Waals surface area (Å²) in [4.78, 5) is 15.0. The SMILES string of the molecule is O=C1CCC2(O)C3N(CC4CC4)CC34Cc3ccc(O)cc3C2(C1)C4. The number of phenolic OH excluding ortho intramolecular Hbond substituents is 1. The summed E-state index contributed by atoms with van der Waals surface area (Å²) in [7, 11) is 0. The highest BCUT2D eigenvalue weighted by Crippen LogP contribution is 2.71. The molecule has 4 unspecified atom stereocenters. The molecule has 0 aromatic heterocycles. The molecule has 5 aliphatic rings. The highest BCUT2D eigenvalue weighted by atomic mass is 16.3. The molecule has 2 spiro atoms. The summed E-state index contributed by atoms with van der Waals surface area (Å²) in [5.41, 5.74) is 1.10. The van der Waals surface area contributed by atoms with E-state index < -0.39 is 11.0 Å². The van der Waals surface area contributed by atoms with Crippen LogP contribution in [0.1, 0.15) is 49.7 Å². The molecule has 4 aliphatic carbocycles. The van der Waals surface area contributed by atoms with Crippen molar-refractivity contribution in [2.75, 3.05) is 13.1 Å². The summed E-state index contributed by atoms with van der Waals surface area (Å²) in [5.74, 6) is 1.33. The van der Waals surface area contributed by atoms with Crippen LogP contribution in [0.25, 0.3) is 0 Å². The Morgan fingerprint density at radius 2 is 2.08 bits per heavy atom. The van der Waals surface area contributed by atoms with Crippen LogP contribution in [0.4, 0.5) is 0 Å². The first-order valence-electron chi connectivity index (χ1n) is 9.76. The van der Waals surface area contributed by atoms with E-state index in [-0.39, 0.29) is 23.0 Å². The predicted octanol–water partition coefficient (Wildman–Crippen LogP) is 2.15. The van der Waals surface area contributed by atoms with Gasteiger partial charge in [-0.2, -0.15) is 0 Å². The third kappa shape index (κ3) is 1.64. The number of carbonyl (C=O) groups excluding carboxylic acids is 1. The Labute approximate surface area is 147 Å². The van der Waals surface area contributed by atoms with Gasteiger partial charge in [0.2, 0.25) is 0 Å². The Morgan fingerprint density at radius 1 is 1.24 bits per heavy atom. The van der Waals surface area contributed by atoms with Gasteiger partial charge in [-0.3, -0.25) is 9.69 Å². The topological polar surface area (TPSA) is 60.8 Å². The quantitative estimate of drug-likeness (QED) is 0.867. The lowest BCUT2D eigenvalue weighted by Gasteiger charge is -2.58. The zero-order valence-corrected chi connectivity index (χ0v) is 14.5. The number of nitrogens with zero attached hydrogens (tertiary/aromatic N) is 1. The minimum absolute atomic E-state index is 0.123. The van der Waals surface area contributed by atoms with Crippen LogP contribution >= 0.6 is 0 Å². The van der Waals surface area contributed by atoms with Crippen molar-refractivity contribution < 1.29 is 15.0 Å². The van der Waals surface area contributed by atoms with Crippen molar-refractivity contribution in [1.82, 2.24) is 4.90 Å². The largest absolute Gasteiger partial charge is 0.508 e. The lowest BCUT2D eigenvalue weighted by molar-refractivity contribution is -0.161. The molecule has 0 amide bonds. The fraction of sp³-hybridized carbons (Fsp3) is 0.667. The number of ketones is 1. The van der Waals surface area contributed by atoms with E-state index in [0.29, 0.717) is 19.3 Å². The lowest BCUT2D eigenvalue weighted by Crippen LogP contribution is -2.71. The summed E-state index contributed by atoms with van der Waals surface area (Å²) >= 11 is 0. The van der Waals surface area contributed by atoms with Crippen LogP contribution in [0.3, 0.4) is 0 Å². The predicted molar refractivity (Wildman–Crippen MR) is 92.4 cm³/mol. The Kier molecular flexibility index (Phi) is 2.53. The molecule has 1 aliphatic heterocycles. The van der Waals surface area contributed by atoms with E-state index in [1.165, 1.54) is 18.4 Å². The number of aliphatic hydroxyl groups is 1. The van der Waals surface area contributed by atoms with E-state index in [1.54, 1.807) is 6.07 Å². The van der Waals surface area contributed by atoms with Gasteiger partial charge in [-0.05, 0) is 61.3 Å². The van der Waals surface area contributed by atoms with E-state index in [1.807, 2.05) is 12.1 Å². The van der Waals surface area contributed by atoms with Gasteiger partial charge in [0, 0.05) is 42.8 Å². The molecule has 2 bridgehead atoms. The Bertz CT molecular complexity index is 802. The average molecular weight is 339 g/mol. The first-order chi connectivity index (χ1) is 12.0. The molecule has 132 valence electrons. The van der Waals surface area contributed by atoms with Gasteiger partial charge in [0.25, 0.3) is 0 Å². The zero-order valence-electron chi connectivity index (χ0n) is 14.5. The van der Waals surface area contributed by atoms with Crippen LogP contribution in [0, 0.1) is 11.3 Å². The molecule has 3 saturated carbocycles. The molecule has 1 saturated heterocycles. The smallest absolute Gasteiger partial charge is 0.134 e. The first-order valence-corrected chi connectivity index (χ1v) is 9.76. The molecular weight excluding hydrogens is 314 g/mol. The normalized spacial score (nSPS) is 44.7. The minimum atomic E-state index is -0.826. The van der Waals surface area contributed by atoms with Crippen molar-refractivity contribution in [2.24, 2.45) is 11.3 Å². The van der Waals surface area contributed by atoms with E-state index in [4.69, 9.17) is 0 Å². The van der Waals surface area contributed by atoms with Crippen LogP contribution in [-0.2, 0) is 16.6 Å². The maximum absolute atomic E-state index is 12.5. The Hall–Kier alpha value is -1.39. The number of rotatable bonds is 2. The highest BCUT2D eigenvalue weighted by molar-refractivity contribution is 5.83. The number of hydrogen-bond donors (Lipinski definition) is 2. The van der Waals surface area contributed by atoms with Gasteiger partial charge in [-0.1, -0.05) is 6.07 Å². The summed E-state index contributed by atoms with van der Waals surface area (Å²) in [6.45, 7) is 2.17. The van der Waals surface area contributed by atoms with Crippen molar-refractivity contribution in [3.05, 3.63) is 29.3 Å². The van der Waals surface area contributed by atoms with Gasteiger partial charge in [0.1, 0.15) is 11.5 Å². The number of likely N-dealkylation sites (tertiary alicyclic amines) is 1. The van der Waals surface area contributed by atoms with Crippen molar-refractivity contribution >= 4 is 5.78 Å². The van der Waals surface area contributed by atoms with Gasteiger partial charge in [-0.25, -0.2) is 0 Å². The summed E-state index contributed by atoms with van der Waals surface area (Å²) < 4.78 is 0. The fourth-order valence-electron chi connectivity index (χ4n) is 7.16. The van der Waals surface area contributed by atoms with Gasteiger partial charge in [0.05, 0.1) is 5.60 Å². The second kappa shape index (κ2) is 4.29. The van der Waals surface area contributed by atoms with E-state index in [9.17, 15) is 15.0 Å². The molecule has 4 heteroatoms. The van der Waals surface area contributed by atoms with Gasteiger partial charge in [0.15, 0.2) is 0 Å². The van der Waals surface area contributed by atoms with Crippen LogP contribution in [0.15, 0.2) is 18.2 Å². The Morgan fingerprint density at radius 3 is 2.88 bits per heavy atom. The number of Topliss-reactive ketones (excluding diaryl/α,β-unsaturated/α-hetero) is 1. The third-order valence-electron chi connectivity index (χ3n) is 8.02.